The van der Waals surface area contributed by atoms with Gasteiger partial charge in [0, 0.05) is 0 Å². The Morgan fingerprint density at radius 3 is 2.67 bits per heavy atom. The molecule has 0 spiro atoms. The molecule has 0 bridgehead atoms. The molecule has 0 N–H and O–H groups in total. The lowest BCUT2D eigenvalue weighted by Gasteiger charge is -2.23. The van der Waals surface area contributed by atoms with Crippen molar-refractivity contribution < 1.29 is 14.3 Å². The maximum atomic E-state index is 10.7. The van der Waals surface area contributed by atoms with Crippen molar-refractivity contribution in [3.05, 3.63) is 0 Å². The zero-order chi connectivity index (χ0) is 6.69. The van der Waals surface area contributed by atoms with E-state index in [4.69, 9.17) is 4.74 Å². The van der Waals surface area contributed by atoms with Gasteiger partial charge < -0.3 is 9.53 Å². The minimum absolute atomic E-state index is 0.00944. The molecule has 0 aliphatic carbocycles. The predicted molar refractivity (Wildman–Crippen MR) is 30.0 cm³/mol. The highest BCUT2D eigenvalue weighted by Crippen LogP contribution is 2.11. The van der Waals surface area contributed by atoms with Crippen molar-refractivity contribution in [1.29, 1.82) is 0 Å². The van der Waals surface area contributed by atoms with Crippen LogP contribution in [0.15, 0.2) is 0 Å². The lowest BCUT2D eigenvalue weighted by atomic mass is 10.0. The Morgan fingerprint density at radius 2 is 2.33 bits per heavy atom. The van der Waals surface area contributed by atoms with Crippen molar-refractivity contribution in [2.75, 3.05) is 13.2 Å². The molecule has 1 fully saturated rings. The van der Waals surface area contributed by atoms with Gasteiger partial charge >= 0.3 is 0 Å². The molecule has 0 atom stereocenters. The molecule has 0 aromatic rings. The van der Waals surface area contributed by atoms with Gasteiger partial charge in [0.1, 0.15) is 12.1 Å². The van der Waals surface area contributed by atoms with Crippen LogP contribution >= 0.6 is 0 Å². The molecule has 1 heterocycles. The van der Waals surface area contributed by atoms with Crippen LogP contribution in [0.25, 0.3) is 0 Å². The zero-order valence-electron chi connectivity index (χ0n) is 5.00. The molecule has 0 aromatic carbocycles. The van der Waals surface area contributed by atoms with E-state index < -0.39 is 0 Å². The summed E-state index contributed by atoms with van der Waals surface area (Å²) in [6, 6.07) is 0. The average molecular weight is 128 g/mol. The largest absolute Gasteiger partial charge is 0.380 e. The molecule has 1 rings (SSSR count). The topological polar surface area (TPSA) is 43.4 Å². The number of ketones is 1. The Hall–Kier alpha value is -0.700. The fraction of sp³-hybridized carbons (Fsp3) is 0.667. The van der Waals surface area contributed by atoms with Gasteiger partial charge in [-0.25, -0.2) is 0 Å². The lowest BCUT2D eigenvalue weighted by molar-refractivity contribution is -0.137. The van der Waals surface area contributed by atoms with E-state index in [0.29, 0.717) is 19.5 Å². The van der Waals surface area contributed by atoms with Gasteiger partial charge in [-0.05, 0) is 0 Å². The van der Waals surface area contributed by atoms with E-state index in [1.165, 1.54) is 0 Å². The summed E-state index contributed by atoms with van der Waals surface area (Å²) in [7, 11) is 0. The second-order valence-electron chi connectivity index (χ2n) is 2.07. The second-order valence-corrected chi connectivity index (χ2v) is 2.07. The molecule has 0 unspecified atom stereocenters. The van der Waals surface area contributed by atoms with Gasteiger partial charge in [-0.3, -0.25) is 4.79 Å². The summed E-state index contributed by atoms with van der Waals surface area (Å²) in [5, 5.41) is 0. The summed E-state index contributed by atoms with van der Waals surface area (Å²) in [6.07, 6.45) is 0.689. The summed E-state index contributed by atoms with van der Waals surface area (Å²) in [5.74, 6) is 0.0199. The summed E-state index contributed by atoms with van der Waals surface area (Å²) in [4.78, 5) is 20.5. The molecule has 50 valence electrons. The Morgan fingerprint density at radius 1 is 1.67 bits per heavy atom. The number of Topliss-reactive ketones (excluding diaryl/α,β-unsaturated/α-hetero) is 1. The highest BCUT2D eigenvalue weighted by molar-refractivity contribution is 5.91. The number of hydrogen-bond donors (Lipinski definition) is 0. The van der Waals surface area contributed by atoms with E-state index in [1.807, 2.05) is 0 Å². The summed E-state index contributed by atoms with van der Waals surface area (Å²) in [6.45, 7) is 1.01. The van der Waals surface area contributed by atoms with E-state index in [-0.39, 0.29) is 18.1 Å². The smallest absolute Gasteiger partial charge is 0.147 e. The van der Waals surface area contributed by atoms with Crippen LogP contribution in [0.3, 0.4) is 0 Å². The number of aldehydes is 1. The monoisotopic (exact) mass is 128 g/mol. The van der Waals surface area contributed by atoms with Gasteiger partial charge in [0.05, 0.1) is 25.6 Å². The van der Waals surface area contributed by atoms with Crippen LogP contribution in [0.1, 0.15) is 6.42 Å². The van der Waals surface area contributed by atoms with Crippen LogP contribution in [-0.4, -0.2) is 25.3 Å². The van der Waals surface area contributed by atoms with Gasteiger partial charge in [-0.15, -0.1) is 0 Å². The van der Waals surface area contributed by atoms with Crippen molar-refractivity contribution in [2.24, 2.45) is 5.92 Å². The van der Waals surface area contributed by atoms with Crippen molar-refractivity contribution in [3.8, 4) is 0 Å². The molecule has 0 radical (unpaired) electrons. The van der Waals surface area contributed by atoms with Crippen LogP contribution in [0.5, 0.6) is 0 Å². The maximum Gasteiger partial charge on any atom is 0.147 e. The first-order valence-corrected chi connectivity index (χ1v) is 2.88. The fourth-order valence-corrected chi connectivity index (χ4v) is 0.670. The summed E-state index contributed by atoms with van der Waals surface area (Å²) in [5.41, 5.74) is 0. The Balaban J connectivity index is 2.23. The van der Waals surface area contributed by atoms with Crippen molar-refractivity contribution >= 4 is 12.1 Å². The first-order chi connectivity index (χ1) is 4.34. The summed E-state index contributed by atoms with van der Waals surface area (Å²) < 4.78 is 4.77. The van der Waals surface area contributed by atoms with E-state index >= 15 is 0 Å². The molecule has 3 nitrogen and oxygen atoms in total. The minimum Gasteiger partial charge on any atom is -0.380 e. The quantitative estimate of drug-likeness (QED) is 0.390. The molecule has 0 aromatic heterocycles. The highest BCUT2D eigenvalue weighted by Gasteiger charge is 2.25. The molecule has 1 saturated heterocycles. The Kier molecular flexibility index (Phi) is 1.95. The highest BCUT2D eigenvalue weighted by atomic mass is 16.5. The third-order valence-corrected chi connectivity index (χ3v) is 1.38. The Labute approximate surface area is 53.0 Å². The second kappa shape index (κ2) is 2.73. The summed E-state index contributed by atoms with van der Waals surface area (Å²) >= 11 is 0. The third-order valence-electron chi connectivity index (χ3n) is 1.38. The third kappa shape index (κ3) is 1.36. The van der Waals surface area contributed by atoms with Gasteiger partial charge in [0.25, 0.3) is 0 Å². The van der Waals surface area contributed by atoms with E-state index in [2.05, 4.69) is 0 Å². The molecular formula is C6H8O3. The average Bonchev–Trinajstić information content (AvgIpc) is 1.60. The van der Waals surface area contributed by atoms with E-state index in [0.717, 1.165) is 0 Å². The lowest BCUT2D eigenvalue weighted by Crippen LogP contribution is -2.34. The minimum atomic E-state index is 0.00944. The predicted octanol–water partition coefficient (Wildman–Crippen LogP) is -0.209. The first kappa shape index (κ1) is 6.42. The molecule has 0 amide bonds. The molecule has 9 heavy (non-hydrogen) atoms. The fourth-order valence-electron chi connectivity index (χ4n) is 0.670. The standard InChI is InChI=1S/C6H8O3/c7-2-1-6(8)5-3-9-4-5/h2,5H,1,3-4H2. The van der Waals surface area contributed by atoms with Crippen LogP contribution < -0.4 is 0 Å². The van der Waals surface area contributed by atoms with Gasteiger partial charge in [-0.1, -0.05) is 0 Å². The van der Waals surface area contributed by atoms with Crippen LogP contribution in [0, 0.1) is 5.92 Å². The van der Waals surface area contributed by atoms with Gasteiger partial charge in [0.15, 0.2) is 0 Å². The SMILES string of the molecule is O=CCC(=O)C1COC1. The normalized spacial score (nSPS) is 18.7. The van der Waals surface area contributed by atoms with Gasteiger partial charge in [0.2, 0.25) is 0 Å². The van der Waals surface area contributed by atoms with E-state index in [1.54, 1.807) is 0 Å². The number of carbonyl (C=O) groups excluding carboxylic acids is 2. The number of hydrogen-bond acceptors (Lipinski definition) is 3. The molecule has 0 saturated carbocycles. The van der Waals surface area contributed by atoms with Crippen LogP contribution in [0.4, 0.5) is 0 Å². The molecular weight excluding hydrogens is 120 g/mol. The van der Waals surface area contributed by atoms with Crippen LogP contribution in [-0.2, 0) is 14.3 Å². The Bertz CT molecular complexity index is 126. The van der Waals surface area contributed by atoms with Crippen molar-refractivity contribution in [3.63, 3.8) is 0 Å². The number of carbonyl (C=O) groups is 2. The number of rotatable bonds is 3. The van der Waals surface area contributed by atoms with Crippen LogP contribution in [0.2, 0.25) is 0 Å². The first-order valence-electron chi connectivity index (χ1n) is 2.88. The molecule has 1 aliphatic rings. The zero-order valence-corrected chi connectivity index (χ0v) is 5.00. The maximum absolute atomic E-state index is 10.7. The molecule has 1 aliphatic heterocycles. The van der Waals surface area contributed by atoms with Crippen molar-refractivity contribution in [2.45, 2.75) is 6.42 Å². The number of ether oxygens (including phenoxy) is 1. The van der Waals surface area contributed by atoms with Gasteiger partial charge in [-0.2, -0.15) is 0 Å². The van der Waals surface area contributed by atoms with Crippen molar-refractivity contribution in [1.82, 2.24) is 0 Å². The molecule has 3 heteroatoms. The van der Waals surface area contributed by atoms with E-state index in [9.17, 15) is 9.59 Å².